The second-order valence-electron chi connectivity index (χ2n) is 6.23. The van der Waals surface area contributed by atoms with Gasteiger partial charge >= 0.3 is 5.97 Å². The molecule has 1 heterocycles. The van der Waals surface area contributed by atoms with Gasteiger partial charge in [0.15, 0.2) is 0 Å². The van der Waals surface area contributed by atoms with E-state index in [0.717, 1.165) is 22.6 Å². The van der Waals surface area contributed by atoms with E-state index < -0.39 is 5.60 Å². The van der Waals surface area contributed by atoms with E-state index in [9.17, 15) is 4.79 Å². The molecule has 0 aliphatic rings. The molecule has 0 unspecified atom stereocenters. The van der Waals surface area contributed by atoms with Crippen molar-refractivity contribution < 1.29 is 9.53 Å². The van der Waals surface area contributed by atoms with Crippen LogP contribution in [0, 0.1) is 0 Å². The number of carbonyl (C=O) groups is 1. The molecule has 2 rings (SSSR count). The minimum Gasteiger partial charge on any atom is -0.460 e. The molecule has 0 saturated heterocycles. The molecule has 0 saturated carbocycles. The SMILES string of the molecule is CC(C)(C)OC(=O)Cc1cc(Cc2cccc(Cl)c2)ccn1. The van der Waals surface area contributed by atoms with E-state index in [-0.39, 0.29) is 12.4 Å². The second kappa shape index (κ2) is 6.93. The zero-order chi connectivity index (χ0) is 16.2. The molecule has 0 aliphatic heterocycles. The Morgan fingerprint density at radius 1 is 1.18 bits per heavy atom. The number of ether oxygens (including phenoxy) is 1. The van der Waals surface area contributed by atoms with Gasteiger partial charge in [0.2, 0.25) is 0 Å². The average molecular weight is 318 g/mol. The number of hydrogen-bond acceptors (Lipinski definition) is 3. The van der Waals surface area contributed by atoms with Crippen LogP contribution in [0.15, 0.2) is 42.6 Å². The number of benzene rings is 1. The number of carbonyl (C=O) groups excluding carboxylic acids is 1. The molecule has 0 atom stereocenters. The molecule has 0 bridgehead atoms. The van der Waals surface area contributed by atoms with E-state index in [1.165, 1.54) is 0 Å². The third-order valence-electron chi connectivity index (χ3n) is 2.92. The van der Waals surface area contributed by atoms with Gasteiger partial charge in [0.1, 0.15) is 5.60 Å². The first-order valence-corrected chi connectivity index (χ1v) is 7.60. The highest BCUT2D eigenvalue weighted by Crippen LogP contribution is 2.16. The monoisotopic (exact) mass is 317 g/mol. The van der Waals surface area contributed by atoms with Crippen molar-refractivity contribution in [2.24, 2.45) is 0 Å². The van der Waals surface area contributed by atoms with Gasteiger partial charge in [-0.05, 0) is 62.6 Å². The molecular formula is C18H20ClNO2. The molecule has 4 heteroatoms. The minimum absolute atomic E-state index is 0.181. The lowest BCUT2D eigenvalue weighted by Gasteiger charge is -2.19. The van der Waals surface area contributed by atoms with Gasteiger partial charge in [0.25, 0.3) is 0 Å². The first-order valence-electron chi connectivity index (χ1n) is 7.22. The first kappa shape index (κ1) is 16.5. The summed E-state index contributed by atoms with van der Waals surface area (Å²) in [5.74, 6) is -0.264. The van der Waals surface area contributed by atoms with Crippen LogP contribution >= 0.6 is 11.6 Å². The smallest absolute Gasteiger partial charge is 0.312 e. The highest BCUT2D eigenvalue weighted by molar-refractivity contribution is 6.30. The van der Waals surface area contributed by atoms with Crippen LogP contribution in [0.5, 0.6) is 0 Å². The fraction of sp³-hybridized carbons (Fsp3) is 0.333. The van der Waals surface area contributed by atoms with Crippen molar-refractivity contribution in [2.75, 3.05) is 0 Å². The van der Waals surface area contributed by atoms with Gasteiger partial charge in [0, 0.05) is 11.2 Å². The molecule has 1 aromatic carbocycles. The largest absolute Gasteiger partial charge is 0.460 e. The van der Waals surface area contributed by atoms with E-state index in [4.69, 9.17) is 16.3 Å². The maximum atomic E-state index is 11.9. The van der Waals surface area contributed by atoms with Gasteiger partial charge in [-0.15, -0.1) is 0 Å². The molecule has 0 fully saturated rings. The van der Waals surface area contributed by atoms with Crippen molar-refractivity contribution in [2.45, 2.75) is 39.2 Å². The van der Waals surface area contributed by atoms with Gasteiger partial charge in [0.05, 0.1) is 12.1 Å². The number of rotatable bonds is 4. The van der Waals surface area contributed by atoms with Crippen molar-refractivity contribution in [3.63, 3.8) is 0 Å². The summed E-state index contributed by atoms with van der Waals surface area (Å²) in [4.78, 5) is 16.1. The van der Waals surface area contributed by atoms with Crippen molar-refractivity contribution in [3.05, 3.63) is 64.4 Å². The summed E-state index contributed by atoms with van der Waals surface area (Å²) in [6.07, 6.45) is 2.66. The van der Waals surface area contributed by atoms with E-state index in [1.807, 2.05) is 57.2 Å². The van der Waals surface area contributed by atoms with Crippen molar-refractivity contribution >= 4 is 17.6 Å². The molecule has 0 amide bonds. The molecule has 22 heavy (non-hydrogen) atoms. The Labute approximate surface area is 136 Å². The summed E-state index contributed by atoms with van der Waals surface area (Å²) in [6, 6.07) is 11.6. The zero-order valence-electron chi connectivity index (χ0n) is 13.1. The maximum Gasteiger partial charge on any atom is 0.312 e. The van der Waals surface area contributed by atoms with Gasteiger partial charge in [-0.1, -0.05) is 23.7 Å². The van der Waals surface area contributed by atoms with Crippen LogP contribution in [0.25, 0.3) is 0 Å². The van der Waals surface area contributed by atoms with E-state index >= 15 is 0 Å². The molecule has 116 valence electrons. The Hall–Kier alpha value is -1.87. The normalized spacial score (nSPS) is 11.3. The number of aromatic nitrogens is 1. The predicted molar refractivity (Wildman–Crippen MR) is 88.0 cm³/mol. The van der Waals surface area contributed by atoms with Gasteiger partial charge in [-0.25, -0.2) is 0 Å². The number of esters is 1. The maximum absolute atomic E-state index is 11.9. The Kier molecular flexibility index (Phi) is 5.19. The van der Waals surface area contributed by atoms with Crippen LogP contribution in [-0.2, 0) is 22.4 Å². The lowest BCUT2D eigenvalue weighted by molar-refractivity contribution is -0.153. The van der Waals surface area contributed by atoms with Gasteiger partial charge < -0.3 is 4.74 Å². The van der Waals surface area contributed by atoms with E-state index in [1.54, 1.807) is 6.20 Å². The third-order valence-corrected chi connectivity index (χ3v) is 3.16. The summed E-state index contributed by atoms with van der Waals surface area (Å²) >= 11 is 6.00. The molecule has 1 aromatic heterocycles. The molecule has 0 aliphatic carbocycles. The zero-order valence-corrected chi connectivity index (χ0v) is 13.9. The Morgan fingerprint density at radius 2 is 1.91 bits per heavy atom. The van der Waals surface area contributed by atoms with Crippen molar-refractivity contribution in [3.8, 4) is 0 Å². The second-order valence-corrected chi connectivity index (χ2v) is 6.66. The van der Waals surface area contributed by atoms with Crippen LogP contribution < -0.4 is 0 Å². The van der Waals surface area contributed by atoms with Crippen LogP contribution in [0.4, 0.5) is 0 Å². The quantitative estimate of drug-likeness (QED) is 0.793. The lowest BCUT2D eigenvalue weighted by atomic mass is 10.0. The fourth-order valence-electron chi connectivity index (χ4n) is 2.14. The van der Waals surface area contributed by atoms with Crippen LogP contribution in [0.2, 0.25) is 5.02 Å². The molecule has 3 nitrogen and oxygen atoms in total. The fourth-order valence-corrected chi connectivity index (χ4v) is 2.36. The van der Waals surface area contributed by atoms with Crippen LogP contribution in [0.1, 0.15) is 37.6 Å². The Balaban J connectivity index is 2.05. The van der Waals surface area contributed by atoms with Gasteiger partial charge in [-0.3, -0.25) is 9.78 Å². The molecule has 0 radical (unpaired) electrons. The molecule has 2 aromatic rings. The summed E-state index contributed by atoms with van der Waals surface area (Å²) in [5, 5.41) is 0.723. The van der Waals surface area contributed by atoms with Crippen molar-refractivity contribution in [1.29, 1.82) is 0 Å². The van der Waals surface area contributed by atoms with E-state index in [0.29, 0.717) is 5.69 Å². The first-order chi connectivity index (χ1) is 10.3. The molecule has 0 spiro atoms. The molecular weight excluding hydrogens is 298 g/mol. The standard InChI is InChI=1S/C18H20ClNO2/c1-18(2,3)22-17(21)12-16-11-14(7-8-20-16)9-13-5-4-6-15(19)10-13/h4-8,10-11H,9,12H2,1-3H3. The number of nitrogens with zero attached hydrogens (tertiary/aromatic N) is 1. The number of halogens is 1. The summed E-state index contributed by atoms with van der Waals surface area (Å²) in [5.41, 5.74) is 2.46. The average Bonchev–Trinajstić information content (AvgIpc) is 2.36. The summed E-state index contributed by atoms with van der Waals surface area (Å²) in [7, 11) is 0. The van der Waals surface area contributed by atoms with Crippen LogP contribution in [-0.4, -0.2) is 16.6 Å². The number of pyridine rings is 1. The van der Waals surface area contributed by atoms with E-state index in [2.05, 4.69) is 4.98 Å². The minimum atomic E-state index is -0.477. The summed E-state index contributed by atoms with van der Waals surface area (Å²) < 4.78 is 5.32. The Morgan fingerprint density at radius 3 is 2.59 bits per heavy atom. The lowest BCUT2D eigenvalue weighted by Crippen LogP contribution is -2.25. The molecule has 0 N–H and O–H groups in total. The van der Waals surface area contributed by atoms with Crippen LogP contribution in [0.3, 0.4) is 0 Å². The van der Waals surface area contributed by atoms with Crippen molar-refractivity contribution in [1.82, 2.24) is 4.98 Å². The summed E-state index contributed by atoms with van der Waals surface area (Å²) in [6.45, 7) is 5.57. The topological polar surface area (TPSA) is 39.2 Å². The highest BCUT2D eigenvalue weighted by atomic mass is 35.5. The number of hydrogen-bond donors (Lipinski definition) is 0. The van der Waals surface area contributed by atoms with Gasteiger partial charge in [-0.2, -0.15) is 0 Å². The Bertz CT molecular complexity index is 662. The predicted octanol–water partition coefficient (Wildman–Crippen LogP) is 4.21. The third kappa shape index (κ3) is 5.49. The highest BCUT2D eigenvalue weighted by Gasteiger charge is 2.17.